The number of amides is 1. The van der Waals surface area contributed by atoms with Crippen molar-refractivity contribution in [2.24, 2.45) is 0 Å². The summed E-state index contributed by atoms with van der Waals surface area (Å²) in [6.45, 7) is 0. The molecule has 8 heteroatoms. The SMILES string of the molecule is O=C(Nc1ccc(S(=O)(=O)Cl)cc1Cl)c1ccccc1I. The third-order valence-electron chi connectivity index (χ3n) is 2.59. The number of carbonyl (C=O) groups excluding carboxylic acids is 1. The molecule has 2 rings (SSSR count). The minimum absolute atomic E-state index is 0.0935. The Morgan fingerprint density at radius 2 is 1.81 bits per heavy atom. The van der Waals surface area contributed by atoms with E-state index in [-0.39, 0.29) is 15.8 Å². The van der Waals surface area contributed by atoms with Crippen molar-refractivity contribution in [2.75, 3.05) is 5.32 Å². The van der Waals surface area contributed by atoms with Gasteiger partial charge >= 0.3 is 0 Å². The number of rotatable bonds is 3. The van der Waals surface area contributed by atoms with Crippen LogP contribution >= 0.6 is 44.9 Å². The third-order valence-corrected chi connectivity index (χ3v) is 5.19. The monoisotopic (exact) mass is 455 g/mol. The van der Waals surface area contributed by atoms with Crippen LogP contribution in [0, 0.1) is 3.57 Å². The zero-order valence-electron chi connectivity index (χ0n) is 10.3. The van der Waals surface area contributed by atoms with Crippen molar-refractivity contribution in [1.29, 1.82) is 0 Å². The van der Waals surface area contributed by atoms with Crippen LogP contribution in [0.1, 0.15) is 10.4 Å². The molecule has 4 nitrogen and oxygen atoms in total. The summed E-state index contributed by atoms with van der Waals surface area (Å²) >= 11 is 8.02. The number of carbonyl (C=O) groups is 1. The van der Waals surface area contributed by atoms with E-state index in [1.165, 1.54) is 18.2 Å². The van der Waals surface area contributed by atoms with Crippen LogP contribution in [0.4, 0.5) is 5.69 Å². The Kier molecular flexibility index (Phi) is 5.13. The summed E-state index contributed by atoms with van der Waals surface area (Å²) < 4.78 is 23.2. The largest absolute Gasteiger partial charge is 0.321 e. The lowest BCUT2D eigenvalue weighted by molar-refractivity contribution is 0.102. The fourth-order valence-corrected chi connectivity index (χ4v) is 3.29. The molecule has 0 spiro atoms. The van der Waals surface area contributed by atoms with Crippen LogP contribution in [0.2, 0.25) is 5.02 Å². The predicted molar refractivity (Wildman–Crippen MR) is 91.6 cm³/mol. The van der Waals surface area contributed by atoms with Gasteiger partial charge < -0.3 is 5.32 Å². The van der Waals surface area contributed by atoms with Crippen molar-refractivity contribution in [3.8, 4) is 0 Å². The predicted octanol–water partition coefficient (Wildman–Crippen LogP) is 4.12. The van der Waals surface area contributed by atoms with E-state index < -0.39 is 9.05 Å². The highest BCUT2D eigenvalue weighted by molar-refractivity contribution is 14.1. The van der Waals surface area contributed by atoms with Crippen LogP contribution in [-0.4, -0.2) is 14.3 Å². The molecule has 1 N–H and O–H groups in total. The molecule has 0 aliphatic carbocycles. The molecule has 2 aromatic rings. The minimum atomic E-state index is -3.86. The van der Waals surface area contributed by atoms with Gasteiger partial charge in [0, 0.05) is 14.3 Å². The molecule has 0 aliphatic heterocycles. The van der Waals surface area contributed by atoms with Gasteiger partial charge in [0.1, 0.15) is 0 Å². The highest BCUT2D eigenvalue weighted by atomic mass is 127. The zero-order valence-corrected chi connectivity index (χ0v) is 14.8. The third kappa shape index (κ3) is 4.09. The van der Waals surface area contributed by atoms with Crippen molar-refractivity contribution in [1.82, 2.24) is 0 Å². The minimum Gasteiger partial charge on any atom is -0.321 e. The fourth-order valence-electron chi connectivity index (χ4n) is 1.58. The second kappa shape index (κ2) is 6.51. The molecule has 0 bridgehead atoms. The maximum atomic E-state index is 12.2. The molecule has 110 valence electrons. The van der Waals surface area contributed by atoms with Gasteiger partial charge in [-0.25, -0.2) is 8.42 Å². The molecule has 0 unspecified atom stereocenters. The van der Waals surface area contributed by atoms with Gasteiger partial charge in [-0.1, -0.05) is 23.7 Å². The zero-order chi connectivity index (χ0) is 15.6. The maximum Gasteiger partial charge on any atom is 0.261 e. The Morgan fingerprint density at radius 3 is 2.38 bits per heavy atom. The van der Waals surface area contributed by atoms with Gasteiger partial charge in [-0.2, -0.15) is 0 Å². The van der Waals surface area contributed by atoms with Crippen LogP contribution < -0.4 is 5.32 Å². The molecule has 0 heterocycles. The van der Waals surface area contributed by atoms with E-state index >= 15 is 0 Å². The van der Waals surface area contributed by atoms with Gasteiger partial charge in [-0.15, -0.1) is 0 Å². The fraction of sp³-hybridized carbons (Fsp3) is 0. The van der Waals surface area contributed by atoms with E-state index in [2.05, 4.69) is 27.9 Å². The molecular weight excluding hydrogens is 448 g/mol. The topological polar surface area (TPSA) is 63.2 Å². The molecule has 21 heavy (non-hydrogen) atoms. The smallest absolute Gasteiger partial charge is 0.261 e. The molecule has 0 aromatic heterocycles. The second-order valence-corrected chi connectivity index (χ2v) is 8.15. The van der Waals surface area contributed by atoms with Gasteiger partial charge in [0.25, 0.3) is 15.0 Å². The summed E-state index contributed by atoms with van der Waals surface area (Å²) in [5.74, 6) is -0.330. The molecule has 0 atom stereocenters. The van der Waals surface area contributed by atoms with E-state index in [1.807, 2.05) is 6.07 Å². The normalized spacial score (nSPS) is 11.2. The van der Waals surface area contributed by atoms with E-state index in [1.54, 1.807) is 18.2 Å². The lowest BCUT2D eigenvalue weighted by Gasteiger charge is -2.09. The Hall–Kier alpha value is -0.830. The lowest BCUT2D eigenvalue weighted by Crippen LogP contribution is -2.13. The van der Waals surface area contributed by atoms with Gasteiger partial charge in [-0.3, -0.25) is 4.79 Å². The highest BCUT2D eigenvalue weighted by Crippen LogP contribution is 2.27. The average molecular weight is 456 g/mol. The number of nitrogens with one attached hydrogen (secondary N) is 1. The standard InChI is InChI=1S/C13H8Cl2INO3S/c14-10-7-8(21(15,19)20)5-6-12(10)17-13(18)9-3-1-2-4-11(9)16/h1-7H,(H,17,18). The number of benzene rings is 2. The van der Waals surface area contributed by atoms with Crippen LogP contribution in [0.25, 0.3) is 0 Å². The van der Waals surface area contributed by atoms with Crippen molar-refractivity contribution in [3.05, 3.63) is 56.6 Å². The summed E-state index contributed by atoms with van der Waals surface area (Å²) in [5.41, 5.74) is 0.814. The molecule has 0 saturated heterocycles. The number of hydrogen-bond donors (Lipinski definition) is 1. The molecular formula is C13H8Cl2INO3S. The van der Waals surface area contributed by atoms with Gasteiger partial charge in [-0.05, 0) is 52.9 Å². The summed E-state index contributed by atoms with van der Waals surface area (Å²) in [6, 6.07) is 10.9. The molecule has 0 saturated carbocycles. The molecule has 0 radical (unpaired) electrons. The number of halogens is 3. The van der Waals surface area contributed by atoms with E-state index in [4.69, 9.17) is 22.3 Å². The van der Waals surface area contributed by atoms with Crippen LogP contribution in [0.3, 0.4) is 0 Å². The molecule has 2 aromatic carbocycles. The summed E-state index contributed by atoms with van der Waals surface area (Å²) in [4.78, 5) is 12.0. The van der Waals surface area contributed by atoms with Crippen LogP contribution in [0.15, 0.2) is 47.4 Å². The van der Waals surface area contributed by atoms with Crippen molar-refractivity contribution < 1.29 is 13.2 Å². The summed E-state index contributed by atoms with van der Waals surface area (Å²) in [7, 11) is 1.37. The second-order valence-electron chi connectivity index (χ2n) is 4.01. The Bertz CT molecular complexity index is 809. The first-order valence-corrected chi connectivity index (χ1v) is 9.36. The van der Waals surface area contributed by atoms with E-state index in [0.717, 1.165) is 3.57 Å². The van der Waals surface area contributed by atoms with Gasteiger partial charge in [0.2, 0.25) is 0 Å². The molecule has 0 aliphatic rings. The first kappa shape index (κ1) is 16.5. The number of hydrogen-bond acceptors (Lipinski definition) is 3. The van der Waals surface area contributed by atoms with Crippen molar-refractivity contribution in [3.63, 3.8) is 0 Å². The highest BCUT2D eigenvalue weighted by Gasteiger charge is 2.15. The van der Waals surface area contributed by atoms with E-state index in [9.17, 15) is 13.2 Å². The Labute approximate surface area is 145 Å². The first-order chi connectivity index (χ1) is 9.79. The summed E-state index contributed by atoms with van der Waals surface area (Å²) in [5, 5.41) is 2.73. The Balaban J connectivity index is 2.29. The molecule has 1 amide bonds. The van der Waals surface area contributed by atoms with Crippen molar-refractivity contribution in [2.45, 2.75) is 4.90 Å². The Morgan fingerprint density at radius 1 is 1.14 bits per heavy atom. The number of anilines is 1. The molecule has 0 fully saturated rings. The summed E-state index contributed by atoms with van der Waals surface area (Å²) in [6.07, 6.45) is 0. The van der Waals surface area contributed by atoms with Crippen LogP contribution in [-0.2, 0) is 9.05 Å². The van der Waals surface area contributed by atoms with Crippen LogP contribution in [0.5, 0.6) is 0 Å². The quantitative estimate of drug-likeness (QED) is 0.559. The van der Waals surface area contributed by atoms with E-state index in [0.29, 0.717) is 11.3 Å². The lowest BCUT2D eigenvalue weighted by atomic mass is 10.2. The maximum absolute atomic E-state index is 12.2. The first-order valence-electron chi connectivity index (χ1n) is 5.59. The van der Waals surface area contributed by atoms with Gasteiger partial charge in [0.05, 0.1) is 21.2 Å². The average Bonchev–Trinajstić information content (AvgIpc) is 2.40. The van der Waals surface area contributed by atoms with Gasteiger partial charge in [0.15, 0.2) is 0 Å². The van der Waals surface area contributed by atoms with Crippen molar-refractivity contribution >= 4 is 65.5 Å².